The Labute approximate surface area is 178 Å². The molecule has 154 valence electrons. The van der Waals surface area contributed by atoms with Gasteiger partial charge >= 0.3 is 0 Å². The number of aromatic nitrogens is 4. The van der Waals surface area contributed by atoms with Crippen molar-refractivity contribution in [3.05, 3.63) is 78.5 Å². The van der Waals surface area contributed by atoms with Crippen LogP contribution >= 0.6 is 11.8 Å². The standard InChI is InChI=1S/C22H22N4O3S/c1-16-4-6-18(7-5-16)26-21(17-8-10-23-11-9-17)24-25-22(26)30-15-19(27)13-28-14-20-3-2-12-29-20/h2-12,19,27H,13-15H2,1H3. The highest BCUT2D eigenvalue weighted by molar-refractivity contribution is 7.99. The van der Waals surface area contributed by atoms with Gasteiger partial charge in [-0.2, -0.15) is 0 Å². The third-order valence-electron chi connectivity index (χ3n) is 4.40. The lowest BCUT2D eigenvalue weighted by Gasteiger charge is -2.13. The minimum atomic E-state index is -0.641. The number of aliphatic hydroxyl groups excluding tert-OH is 1. The van der Waals surface area contributed by atoms with Crippen molar-refractivity contribution in [2.24, 2.45) is 0 Å². The molecule has 30 heavy (non-hydrogen) atoms. The van der Waals surface area contributed by atoms with Gasteiger partial charge in [0, 0.05) is 29.4 Å². The van der Waals surface area contributed by atoms with Gasteiger partial charge in [0.05, 0.1) is 19.0 Å². The highest BCUT2D eigenvalue weighted by Gasteiger charge is 2.17. The van der Waals surface area contributed by atoms with E-state index in [1.54, 1.807) is 18.7 Å². The molecule has 7 nitrogen and oxygen atoms in total. The number of furan rings is 1. The fraction of sp³-hybridized carbons (Fsp3) is 0.227. The van der Waals surface area contributed by atoms with E-state index in [0.717, 1.165) is 22.8 Å². The van der Waals surface area contributed by atoms with Gasteiger partial charge in [0.1, 0.15) is 12.4 Å². The van der Waals surface area contributed by atoms with Crippen LogP contribution in [0.5, 0.6) is 0 Å². The van der Waals surface area contributed by atoms with Crippen LogP contribution in [0.3, 0.4) is 0 Å². The molecule has 0 spiro atoms. The van der Waals surface area contributed by atoms with E-state index in [-0.39, 0.29) is 6.61 Å². The average Bonchev–Trinajstić information content (AvgIpc) is 3.43. The molecule has 0 fully saturated rings. The summed E-state index contributed by atoms with van der Waals surface area (Å²) in [5, 5.41) is 19.8. The number of aryl methyl sites for hydroxylation is 1. The summed E-state index contributed by atoms with van der Waals surface area (Å²) in [6.07, 6.45) is 4.42. The van der Waals surface area contributed by atoms with E-state index < -0.39 is 6.10 Å². The number of benzene rings is 1. The Morgan fingerprint density at radius 3 is 2.63 bits per heavy atom. The summed E-state index contributed by atoms with van der Waals surface area (Å²) < 4.78 is 12.7. The molecule has 0 saturated heterocycles. The quantitative estimate of drug-likeness (QED) is 0.409. The van der Waals surface area contributed by atoms with Crippen molar-refractivity contribution < 1.29 is 14.3 Å². The van der Waals surface area contributed by atoms with E-state index in [4.69, 9.17) is 9.15 Å². The minimum absolute atomic E-state index is 0.212. The molecule has 0 aliphatic rings. The number of aliphatic hydroxyl groups is 1. The topological polar surface area (TPSA) is 86.2 Å². The van der Waals surface area contributed by atoms with Gasteiger partial charge in [-0.25, -0.2) is 0 Å². The van der Waals surface area contributed by atoms with Crippen LogP contribution in [0.4, 0.5) is 0 Å². The van der Waals surface area contributed by atoms with Crippen molar-refractivity contribution in [3.8, 4) is 17.1 Å². The normalized spacial score (nSPS) is 12.2. The van der Waals surface area contributed by atoms with Crippen LogP contribution in [0.25, 0.3) is 17.1 Å². The van der Waals surface area contributed by atoms with Crippen molar-refractivity contribution in [2.75, 3.05) is 12.4 Å². The van der Waals surface area contributed by atoms with Gasteiger partial charge in [-0.15, -0.1) is 10.2 Å². The first-order valence-electron chi connectivity index (χ1n) is 9.54. The molecule has 0 aliphatic heterocycles. The molecule has 1 unspecified atom stereocenters. The van der Waals surface area contributed by atoms with E-state index in [2.05, 4.69) is 34.2 Å². The first-order chi connectivity index (χ1) is 14.7. The largest absolute Gasteiger partial charge is 0.467 e. The van der Waals surface area contributed by atoms with E-state index in [1.165, 1.54) is 17.3 Å². The van der Waals surface area contributed by atoms with Gasteiger partial charge in [0.15, 0.2) is 11.0 Å². The summed E-state index contributed by atoms with van der Waals surface area (Å²) in [7, 11) is 0. The molecule has 1 N–H and O–H groups in total. The van der Waals surface area contributed by atoms with Crippen molar-refractivity contribution >= 4 is 11.8 Å². The van der Waals surface area contributed by atoms with Gasteiger partial charge in [-0.1, -0.05) is 29.5 Å². The molecular weight excluding hydrogens is 400 g/mol. The van der Waals surface area contributed by atoms with Crippen LogP contribution in [-0.2, 0) is 11.3 Å². The second kappa shape index (κ2) is 9.71. The molecule has 1 aromatic carbocycles. The summed E-state index contributed by atoms with van der Waals surface area (Å²) in [5.41, 5.74) is 3.06. The number of rotatable bonds is 9. The summed E-state index contributed by atoms with van der Waals surface area (Å²) in [6, 6.07) is 15.6. The summed E-state index contributed by atoms with van der Waals surface area (Å²) in [6.45, 7) is 2.60. The van der Waals surface area contributed by atoms with Crippen LogP contribution in [0.1, 0.15) is 11.3 Å². The lowest BCUT2D eigenvalue weighted by atomic mass is 10.2. The first-order valence-corrected chi connectivity index (χ1v) is 10.5. The number of hydrogen-bond donors (Lipinski definition) is 1. The Hall–Kier alpha value is -2.94. The minimum Gasteiger partial charge on any atom is -0.467 e. The van der Waals surface area contributed by atoms with Crippen LogP contribution in [0.2, 0.25) is 0 Å². The molecular formula is C22H22N4O3S. The molecule has 0 aliphatic carbocycles. The summed E-state index contributed by atoms with van der Waals surface area (Å²) in [5.74, 6) is 1.89. The highest BCUT2D eigenvalue weighted by Crippen LogP contribution is 2.28. The fourth-order valence-electron chi connectivity index (χ4n) is 2.89. The second-order valence-electron chi connectivity index (χ2n) is 6.77. The highest BCUT2D eigenvalue weighted by atomic mass is 32.2. The van der Waals surface area contributed by atoms with Crippen LogP contribution in [-0.4, -0.2) is 43.3 Å². The second-order valence-corrected chi connectivity index (χ2v) is 7.76. The third-order valence-corrected chi connectivity index (χ3v) is 5.48. The Balaban J connectivity index is 1.48. The van der Waals surface area contributed by atoms with Gasteiger partial charge < -0.3 is 14.3 Å². The Morgan fingerprint density at radius 1 is 1.10 bits per heavy atom. The summed E-state index contributed by atoms with van der Waals surface area (Å²) in [4.78, 5) is 4.08. The maximum absolute atomic E-state index is 10.3. The van der Waals surface area contributed by atoms with Crippen LogP contribution in [0, 0.1) is 6.92 Å². The van der Waals surface area contributed by atoms with Crippen LogP contribution < -0.4 is 0 Å². The number of ether oxygens (including phenoxy) is 1. The maximum atomic E-state index is 10.3. The predicted octanol–water partition coefficient (Wildman–Crippen LogP) is 3.90. The fourth-order valence-corrected chi connectivity index (χ4v) is 3.74. The number of pyridine rings is 1. The summed E-state index contributed by atoms with van der Waals surface area (Å²) >= 11 is 1.44. The molecule has 4 aromatic rings. The molecule has 4 rings (SSSR count). The third kappa shape index (κ3) is 4.96. The zero-order valence-corrected chi connectivity index (χ0v) is 17.3. The van der Waals surface area contributed by atoms with Gasteiger partial charge in [-0.3, -0.25) is 9.55 Å². The Bertz CT molecular complexity index is 1050. The zero-order valence-electron chi connectivity index (χ0n) is 16.5. The van der Waals surface area contributed by atoms with Gasteiger partial charge in [0.2, 0.25) is 0 Å². The lowest BCUT2D eigenvalue weighted by molar-refractivity contribution is 0.0328. The number of hydrogen-bond acceptors (Lipinski definition) is 7. The average molecular weight is 423 g/mol. The molecule has 0 bridgehead atoms. The van der Waals surface area contributed by atoms with E-state index in [0.29, 0.717) is 17.5 Å². The lowest BCUT2D eigenvalue weighted by Crippen LogP contribution is -2.18. The maximum Gasteiger partial charge on any atom is 0.196 e. The van der Waals surface area contributed by atoms with E-state index >= 15 is 0 Å². The van der Waals surface area contributed by atoms with Gasteiger partial charge in [0.25, 0.3) is 0 Å². The smallest absolute Gasteiger partial charge is 0.196 e. The van der Waals surface area contributed by atoms with Gasteiger partial charge in [-0.05, 0) is 43.3 Å². The first kappa shape index (κ1) is 20.3. The molecule has 3 heterocycles. The molecule has 1 atom stereocenters. The molecule has 0 amide bonds. The van der Waals surface area contributed by atoms with Crippen molar-refractivity contribution in [1.82, 2.24) is 19.7 Å². The number of nitrogens with zero attached hydrogens (tertiary/aromatic N) is 4. The SMILES string of the molecule is Cc1ccc(-n2c(SCC(O)COCc3ccco3)nnc2-c2ccncc2)cc1. The molecule has 0 radical (unpaired) electrons. The van der Waals surface area contributed by atoms with Crippen molar-refractivity contribution in [2.45, 2.75) is 24.8 Å². The monoisotopic (exact) mass is 422 g/mol. The molecule has 3 aromatic heterocycles. The predicted molar refractivity (Wildman–Crippen MR) is 114 cm³/mol. The van der Waals surface area contributed by atoms with E-state index in [9.17, 15) is 5.11 Å². The van der Waals surface area contributed by atoms with Crippen molar-refractivity contribution in [1.29, 1.82) is 0 Å². The Kier molecular flexibility index (Phi) is 6.58. The molecule has 0 saturated carbocycles. The Morgan fingerprint density at radius 2 is 1.90 bits per heavy atom. The molecule has 8 heteroatoms. The number of thioether (sulfide) groups is 1. The zero-order chi connectivity index (χ0) is 20.8. The van der Waals surface area contributed by atoms with E-state index in [1.807, 2.05) is 41.0 Å². The van der Waals surface area contributed by atoms with Crippen LogP contribution in [0.15, 0.2) is 76.8 Å². The van der Waals surface area contributed by atoms with Crippen molar-refractivity contribution in [3.63, 3.8) is 0 Å².